The van der Waals surface area contributed by atoms with Crippen molar-refractivity contribution < 1.29 is 26.7 Å². The van der Waals surface area contributed by atoms with E-state index in [0.717, 1.165) is 28.9 Å². The molecule has 0 radical (unpaired) electrons. The number of benzene rings is 1. The molecule has 2 aromatic heterocycles. The Kier molecular flexibility index (Phi) is 6.59. The number of amides is 1. The average Bonchev–Trinajstić information content (AvgIpc) is 2.71. The number of aromatic nitrogens is 3. The summed E-state index contributed by atoms with van der Waals surface area (Å²) >= 11 is 5.63. The number of anilines is 1. The highest BCUT2D eigenvalue weighted by atomic mass is 35.5. The summed E-state index contributed by atoms with van der Waals surface area (Å²) in [5, 5.41) is 5.69. The topological polar surface area (TPSA) is 86.0 Å². The quantitative estimate of drug-likeness (QED) is 0.538. The number of hydrogen-bond acceptors (Lipinski definition) is 4. The number of hydrogen-bond donors (Lipinski definition) is 1. The molecule has 3 aromatic rings. The molecule has 0 saturated heterocycles. The van der Waals surface area contributed by atoms with Crippen LogP contribution in [-0.2, 0) is 17.5 Å². The van der Waals surface area contributed by atoms with E-state index in [1.54, 1.807) is 13.8 Å². The lowest BCUT2D eigenvalue weighted by atomic mass is 10.0. The first-order valence-corrected chi connectivity index (χ1v) is 9.79. The van der Waals surface area contributed by atoms with Gasteiger partial charge in [-0.2, -0.15) is 27.1 Å². The third-order valence-corrected chi connectivity index (χ3v) is 4.92. The van der Waals surface area contributed by atoms with Crippen molar-refractivity contribution in [3.63, 3.8) is 0 Å². The summed E-state index contributed by atoms with van der Waals surface area (Å²) in [5.41, 5.74) is -2.97. The molecule has 1 amide bonds. The van der Waals surface area contributed by atoms with Crippen molar-refractivity contribution in [2.75, 3.05) is 5.32 Å². The molecule has 2 heterocycles. The van der Waals surface area contributed by atoms with Crippen LogP contribution in [0.25, 0.3) is 10.8 Å². The Hall–Kier alpha value is -3.28. The first-order chi connectivity index (χ1) is 15.3. The summed E-state index contributed by atoms with van der Waals surface area (Å²) < 4.78 is 66.0. The highest BCUT2D eigenvalue weighted by Crippen LogP contribution is 2.32. The second-order valence-electron chi connectivity index (χ2n) is 7.38. The Balaban J connectivity index is 2.00. The van der Waals surface area contributed by atoms with Gasteiger partial charge in [0.25, 0.3) is 11.1 Å². The molecule has 0 aliphatic carbocycles. The van der Waals surface area contributed by atoms with E-state index in [0.29, 0.717) is 6.20 Å². The van der Waals surface area contributed by atoms with Crippen LogP contribution in [0.1, 0.15) is 37.6 Å². The Bertz CT molecular complexity index is 1350. The van der Waals surface area contributed by atoms with Crippen LogP contribution in [0, 0.1) is 0 Å². The predicted molar refractivity (Wildman–Crippen MR) is 111 cm³/mol. The lowest BCUT2D eigenvalue weighted by molar-refractivity contribution is -0.137. The van der Waals surface area contributed by atoms with Crippen LogP contribution in [0.2, 0.25) is 5.02 Å². The molecule has 0 spiro atoms. The normalized spacial score (nSPS) is 12.1. The summed E-state index contributed by atoms with van der Waals surface area (Å²) in [6, 6.07) is 3.57. The molecule has 0 atom stereocenters. The van der Waals surface area contributed by atoms with Gasteiger partial charge in [-0.1, -0.05) is 25.4 Å². The van der Waals surface area contributed by atoms with E-state index in [9.17, 15) is 36.3 Å². The standard InChI is InChI=1S/C20H16ClF5N4O3/c1-9(2)16-13-5-10(20(24,25)26)3-4-12(13)17(32)30(28-16)8-15(31)27-11-6-14(21)18(33)29(7-11)19(22)23/h3-7,9,19H,8H2,1-2H3,(H,27,31). The highest BCUT2D eigenvalue weighted by Gasteiger charge is 2.31. The van der Waals surface area contributed by atoms with Gasteiger partial charge in [0, 0.05) is 11.6 Å². The smallest absolute Gasteiger partial charge is 0.323 e. The number of nitrogens with zero attached hydrogens (tertiary/aromatic N) is 3. The number of halogens is 6. The molecule has 0 aliphatic heterocycles. The molecule has 176 valence electrons. The summed E-state index contributed by atoms with van der Waals surface area (Å²) in [6.45, 7) is -0.549. The third kappa shape index (κ3) is 5.05. The van der Waals surface area contributed by atoms with Crippen molar-refractivity contribution in [2.45, 2.75) is 39.0 Å². The summed E-state index contributed by atoms with van der Waals surface area (Å²) in [6.07, 6.45) is -3.93. The molecule has 13 heteroatoms. The first kappa shape index (κ1) is 24.4. The fourth-order valence-electron chi connectivity index (χ4n) is 3.14. The van der Waals surface area contributed by atoms with Gasteiger partial charge in [0.1, 0.15) is 11.6 Å². The van der Waals surface area contributed by atoms with Crippen molar-refractivity contribution in [3.05, 3.63) is 67.4 Å². The molecule has 3 rings (SSSR count). The highest BCUT2D eigenvalue weighted by molar-refractivity contribution is 6.30. The molecule has 1 aromatic carbocycles. The third-order valence-electron chi connectivity index (χ3n) is 4.65. The Labute approximate surface area is 187 Å². The number of rotatable bonds is 5. The van der Waals surface area contributed by atoms with Crippen molar-refractivity contribution in [3.8, 4) is 0 Å². The Morgan fingerprint density at radius 3 is 2.36 bits per heavy atom. The van der Waals surface area contributed by atoms with E-state index in [-0.39, 0.29) is 32.6 Å². The minimum Gasteiger partial charge on any atom is -0.323 e. The van der Waals surface area contributed by atoms with Gasteiger partial charge in [-0.25, -0.2) is 4.68 Å². The van der Waals surface area contributed by atoms with Gasteiger partial charge in [0.05, 0.1) is 22.3 Å². The maximum atomic E-state index is 13.1. The molecular weight excluding hydrogens is 475 g/mol. The van der Waals surface area contributed by atoms with Crippen molar-refractivity contribution in [1.29, 1.82) is 0 Å². The van der Waals surface area contributed by atoms with Crippen molar-refractivity contribution in [1.82, 2.24) is 14.3 Å². The number of carbonyl (C=O) groups is 1. The van der Waals surface area contributed by atoms with E-state index in [4.69, 9.17) is 11.6 Å². The molecule has 33 heavy (non-hydrogen) atoms. The fourth-order valence-corrected chi connectivity index (χ4v) is 3.35. The SMILES string of the molecule is CC(C)c1nn(CC(=O)Nc2cc(Cl)c(=O)n(C(F)F)c2)c(=O)c2ccc(C(F)(F)F)cc12. The average molecular weight is 491 g/mol. The molecule has 0 unspecified atom stereocenters. The van der Waals surface area contributed by atoms with Crippen LogP contribution in [0.5, 0.6) is 0 Å². The number of carbonyl (C=O) groups excluding carboxylic acids is 1. The van der Waals surface area contributed by atoms with Crippen LogP contribution in [0.15, 0.2) is 40.1 Å². The van der Waals surface area contributed by atoms with Crippen LogP contribution < -0.4 is 16.4 Å². The molecular formula is C20H16ClF5N4O3. The number of fused-ring (bicyclic) bond motifs is 1. The monoisotopic (exact) mass is 490 g/mol. The van der Waals surface area contributed by atoms with Gasteiger partial charge < -0.3 is 5.32 Å². The zero-order valence-corrected chi connectivity index (χ0v) is 17.8. The molecule has 0 aliphatic rings. The predicted octanol–water partition coefficient (Wildman–Crippen LogP) is 4.39. The fraction of sp³-hybridized carbons (Fsp3) is 0.300. The maximum Gasteiger partial charge on any atom is 0.416 e. The minimum absolute atomic E-state index is 0.0114. The van der Waals surface area contributed by atoms with E-state index >= 15 is 0 Å². The van der Waals surface area contributed by atoms with E-state index in [1.807, 2.05) is 0 Å². The van der Waals surface area contributed by atoms with Gasteiger partial charge in [-0.15, -0.1) is 0 Å². The summed E-state index contributed by atoms with van der Waals surface area (Å²) in [4.78, 5) is 36.8. The molecule has 1 N–H and O–H groups in total. The van der Waals surface area contributed by atoms with Crippen LogP contribution in [-0.4, -0.2) is 20.3 Å². The Morgan fingerprint density at radius 2 is 1.79 bits per heavy atom. The number of nitrogens with one attached hydrogen (secondary N) is 1. The maximum absolute atomic E-state index is 13.1. The zero-order valence-electron chi connectivity index (χ0n) is 17.1. The van der Waals surface area contributed by atoms with E-state index < -0.39 is 46.9 Å². The molecule has 0 fully saturated rings. The van der Waals surface area contributed by atoms with Gasteiger partial charge >= 0.3 is 12.7 Å². The lowest BCUT2D eigenvalue weighted by Crippen LogP contribution is -2.31. The number of pyridine rings is 1. The number of alkyl halides is 5. The van der Waals surface area contributed by atoms with Crippen molar-refractivity contribution >= 4 is 34.0 Å². The van der Waals surface area contributed by atoms with Gasteiger partial charge in [0.2, 0.25) is 5.91 Å². The van der Waals surface area contributed by atoms with Gasteiger partial charge in [-0.05, 0) is 30.2 Å². The lowest BCUT2D eigenvalue weighted by Gasteiger charge is -2.15. The van der Waals surface area contributed by atoms with Gasteiger partial charge in [-0.3, -0.25) is 19.0 Å². The van der Waals surface area contributed by atoms with Crippen LogP contribution in [0.4, 0.5) is 27.6 Å². The van der Waals surface area contributed by atoms with Gasteiger partial charge in [0.15, 0.2) is 0 Å². The summed E-state index contributed by atoms with van der Waals surface area (Å²) in [5.74, 6) is -1.25. The second kappa shape index (κ2) is 8.93. The largest absolute Gasteiger partial charge is 0.416 e. The van der Waals surface area contributed by atoms with E-state index in [2.05, 4.69) is 10.4 Å². The Morgan fingerprint density at radius 1 is 1.12 bits per heavy atom. The second-order valence-corrected chi connectivity index (χ2v) is 7.78. The summed E-state index contributed by atoms with van der Waals surface area (Å²) in [7, 11) is 0. The molecule has 0 saturated carbocycles. The minimum atomic E-state index is -4.62. The van der Waals surface area contributed by atoms with Crippen molar-refractivity contribution in [2.24, 2.45) is 0 Å². The molecule has 7 nitrogen and oxygen atoms in total. The first-order valence-electron chi connectivity index (χ1n) is 9.41. The zero-order chi connectivity index (χ0) is 24.7. The molecule has 0 bridgehead atoms. The van der Waals surface area contributed by atoms with Crippen LogP contribution in [0.3, 0.4) is 0 Å². The van der Waals surface area contributed by atoms with E-state index in [1.165, 1.54) is 0 Å². The van der Waals surface area contributed by atoms with Crippen LogP contribution >= 0.6 is 11.6 Å².